The summed E-state index contributed by atoms with van der Waals surface area (Å²) >= 11 is 0. The molecule has 0 unspecified atom stereocenters. The summed E-state index contributed by atoms with van der Waals surface area (Å²) in [5.74, 6) is 1.91. The molecule has 3 aromatic heterocycles. The largest absolute Gasteiger partial charge is 0.461 e. The van der Waals surface area contributed by atoms with E-state index in [1.165, 1.54) is 4.52 Å². The third-order valence-corrected chi connectivity index (χ3v) is 8.25. The Morgan fingerprint density at radius 1 is 0.949 bits per heavy atom. The van der Waals surface area contributed by atoms with Crippen molar-refractivity contribution >= 4 is 29.5 Å². The topological polar surface area (TPSA) is 139 Å². The van der Waals surface area contributed by atoms with Gasteiger partial charge in [-0.15, -0.1) is 5.10 Å². The van der Waals surface area contributed by atoms with Gasteiger partial charge in [0.15, 0.2) is 5.76 Å². The number of hydrogen-bond acceptors (Lipinski definition) is 9. The Kier molecular flexibility index (Phi) is 5.49. The summed E-state index contributed by atoms with van der Waals surface area (Å²) in [5, 5.41) is 4.35. The average molecular weight is 528 g/mol. The first-order valence-electron chi connectivity index (χ1n) is 13.3. The van der Waals surface area contributed by atoms with Crippen molar-refractivity contribution in [2.24, 2.45) is 5.41 Å². The average Bonchev–Trinajstić information content (AvgIpc) is 3.72. The number of amides is 2. The van der Waals surface area contributed by atoms with Gasteiger partial charge in [0.25, 0.3) is 11.7 Å². The van der Waals surface area contributed by atoms with Crippen LogP contribution in [0.2, 0.25) is 0 Å². The lowest BCUT2D eigenvalue weighted by atomic mass is 9.71. The quantitative estimate of drug-likeness (QED) is 0.423. The van der Waals surface area contributed by atoms with Gasteiger partial charge in [-0.3, -0.25) is 9.59 Å². The Morgan fingerprint density at radius 2 is 1.74 bits per heavy atom. The number of carbonyl (C=O) groups excluding carboxylic acids is 2. The molecule has 2 amide bonds. The molecule has 12 nitrogen and oxygen atoms in total. The molecule has 3 aliphatic heterocycles. The SMILES string of the molecule is Nc1nc(N2CCC[C@H]2C(=O)N2CC3(CCN(C(=O)c4ccccc4)CC3)C2)nc2nc(-c3ccco3)nn12. The number of carbonyl (C=O) groups is 2. The van der Waals surface area contributed by atoms with E-state index in [9.17, 15) is 9.59 Å². The Labute approximate surface area is 224 Å². The summed E-state index contributed by atoms with van der Waals surface area (Å²) in [6, 6.07) is 12.6. The van der Waals surface area contributed by atoms with E-state index < -0.39 is 0 Å². The molecule has 200 valence electrons. The second-order valence-electron chi connectivity index (χ2n) is 10.7. The van der Waals surface area contributed by atoms with E-state index in [1.54, 1.807) is 18.4 Å². The van der Waals surface area contributed by atoms with Crippen LogP contribution in [0.25, 0.3) is 17.4 Å². The minimum atomic E-state index is -0.337. The Morgan fingerprint density at radius 3 is 2.49 bits per heavy atom. The predicted molar refractivity (Wildman–Crippen MR) is 142 cm³/mol. The number of likely N-dealkylation sites (tertiary alicyclic amines) is 2. The van der Waals surface area contributed by atoms with E-state index in [-0.39, 0.29) is 29.2 Å². The first-order chi connectivity index (χ1) is 19.0. The highest BCUT2D eigenvalue weighted by Crippen LogP contribution is 2.42. The highest BCUT2D eigenvalue weighted by atomic mass is 16.3. The van der Waals surface area contributed by atoms with Gasteiger partial charge in [0, 0.05) is 43.7 Å². The molecule has 1 spiro atoms. The fourth-order valence-electron chi connectivity index (χ4n) is 6.09. The molecule has 4 aromatic rings. The molecule has 2 N–H and O–H groups in total. The molecule has 3 saturated heterocycles. The number of piperidine rings is 1. The summed E-state index contributed by atoms with van der Waals surface area (Å²) < 4.78 is 6.77. The highest BCUT2D eigenvalue weighted by Gasteiger charge is 2.49. The molecule has 1 atom stereocenters. The normalized spacial score (nSPS) is 20.5. The molecule has 3 fully saturated rings. The van der Waals surface area contributed by atoms with Crippen LogP contribution in [0.4, 0.5) is 11.9 Å². The molecule has 0 saturated carbocycles. The molecule has 39 heavy (non-hydrogen) atoms. The number of anilines is 2. The van der Waals surface area contributed by atoms with E-state index in [0.29, 0.717) is 29.9 Å². The fraction of sp³-hybridized carbons (Fsp3) is 0.407. The monoisotopic (exact) mass is 527 g/mol. The van der Waals surface area contributed by atoms with E-state index in [4.69, 9.17) is 10.2 Å². The second kappa shape index (κ2) is 9.07. The van der Waals surface area contributed by atoms with Gasteiger partial charge in [-0.1, -0.05) is 18.2 Å². The summed E-state index contributed by atoms with van der Waals surface area (Å²) in [4.78, 5) is 45.7. The van der Waals surface area contributed by atoms with Crippen molar-refractivity contribution in [3.05, 3.63) is 54.3 Å². The van der Waals surface area contributed by atoms with Gasteiger partial charge in [-0.05, 0) is 49.9 Å². The molecule has 0 radical (unpaired) electrons. The van der Waals surface area contributed by atoms with Crippen molar-refractivity contribution in [3.63, 3.8) is 0 Å². The lowest BCUT2D eigenvalue weighted by Crippen LogP contribution is -2.64. The van der Waals surface area contributed by atoms with Gasteiger partial charge in [0.05, 0.1) is 6.26 Å². The maximum absolute atomic E-state index is 13.6. The minimum Gasteiger partial charge on any atom is -0.461 e. The standard InChI is InChI=1S/C27H29N9O3/c28-24-30-25(31-26-29-21(32-36(24)26)20-9-5-15-39-20)35-12-4-8-19(35)23(38)34-16-27(17-34)10-13-33(14-11-27)22(37)18-6-2-1-3-7-18/h1-3,5-7,9,15,19H,4,8,10-14,16-17H2,(H2,28,29,30,31,32)/t19-/m0/s1. The number of hydrogen-bond donors (Lipinski definition) is 1. The van der Waals surface area contributed by atoms with E-state index in [1.807, 2.05) is 45.0 Å². The number of nitrogens with two attached hydrogens (primary N) is 1. The van der Waals surface area contributed by atoms with Crippen molar-refractivity contribution in [2.45, 2.75) is 31.7 Å². The number of fused-ring (bicyclic) bond motifs is 1. The van der Waals surface area contributed by atoms with Crippen LogP contribution in [0.15, 0.2) is 53.1 Å². The third kappa shape index (κ3) is 4.06. The van der Waals surface area contributed by atoms with Gasteiger partial charge >= 0.3 is 0 Å². The zero-order valence-corrected chi connectivity index (χ0v) is 21.4. The van der Waals surface area contributed by atoms with Crippen LogP contribution in [0.5, 0.6) is 0 Å². The second-order valence-corrected chi connectivity index (χ2v) is 10.7. The number of furan rings is 1. The lowest BCUT2D eigenvalue weighted by molar-refractivity contribution is -0.147. The Hall–Kier alpha value is -4.48. The molecule has 6 heterocycles. The smallest absolute Gasteiger partial charge is 0.259 e. The maximum Gasteiger partial charge on any atom is 0.259 e. The number of benzene rings is 1. The van der Waals surface area contributed by atoms with Crippen LogP contribution in [-0.2, 0) is 4.79 Å². The zero-order chi connectivity index (χ0) is 26.6. The number of rotatable bonds is 4. The van der Waals surface area contributed by atoms with Crippen LogP contribution >= 0.6 is 0 Å². The van der Waals surface area contributed by atoms with Crippen molar-refractivity contribution in [1.29, 1.82) is 0 Å². The van der Waals surface area contributed by atoms with E-state index in [2.05, 4.69) is 20.1 Å². The summed E-state index contributed by atoms with van der Waals surface area (Å²) in [7, 11) is 0. The van der Waals surface area contributed by atoms with Crippen LogP contribution in [0, 0.1) is 5.41 Å². The molecule has 1 aromatic carbocycles. The first-order valence-corrected chi connectivity index (χ1v) is 13.3. The Bertz CT molecular complexity index is 1520. The van der Waals surface area contributed by atoms with Crippen LogP contribution in [0.3, 0.4) is 0 Å². The number of nitrogens with zero attached hydrogens (tertiary/aromatic N) is 8. The van der Waals surface area contributed by atoms with Crippen LogP contribution in [-0.4, -0.2) is 84.9 Å². The summed E-state index contributed by atoms with van der Waals surface area (Å²) in [6.07, 6.45) is 4.97. The van der Waals surface area contributed by atoms with Crippen molar-refractivity contribution < 1.29 is 14.0 Å². The molecule has 3 aliphatic rings. The molecule has 7 rings (SSSR count). The molecule has 12 heteroatoms. The van der Waals surface area contributed by atoms with Gasteiger partial charge in [0.2, 0.25) is 23.6 Å². The maximum atomic E-state index is 13.6. The zero-order valence-electron chi connectivity index (χ0n) is 21.4. The molecule has 0 aliphatic carbocycles. The van der Waals surface area contributed by atoms with Gasteiger partial charge in [-0.2, -0.15) is 19.5 Å². The predicted octanol–water partition coefficient (Wildman–Crippen LogP) is 2.10. The summed E-state index contributed by atoms with van der Waals surface area (Å²) in [6.45, 7) is 3.55. The molecular formula is C27H29N9O3. The minimum absolute atomic E-state index is 0.0829. The van der Waals surface area contributed by atoms with Gasteiger partial charge in [-0.25, -0.2) is 0 Å². The first kappa shape index (κ1) is 23.6. The van der Waals surface area contributed by atoms with Crippen LogP contribution in [0.1, 0.15) is 36.0 Å². The van der Waals surface area contributed by atoms with Gasteiger partial charge < -0.3 is 24.9 Å². The van der Waals surface area contributed by atoms with E-state index in [0.717, 1.165) is 57.4 Å². The fourth-order valence-corrected chi connectivity index (χ4v) is 6.09. The summed E-state index contributed by atoms with van der Waals surface area (Å²) in [5.41, 5.74) is 7.02. The van der Waals surface area contributed by atoms with Crippen molar-refractivity contribution in [2.75, 3.05) is 43.4 Å². The highest BCUT2D eigenvalue weighted by molar-refractivity contribution is 5.94. The van der Waals surface area contributed by atoms with Crippen molar-refractivity contribution in [3.8, 4) is 11.6 Å². The lowest BCUT2D eigenvalue weighted by Gasteiger charge is -2.54. The molecular weight excluding hydrogens is 498 g/mol. The van der Waals surface area contributed by atoms with Gasteiger partial charge in [0.1, 0.15) is 6.04 Å². The van der Waals surface area contributed by atoms with Crippen LogP contribution < -0.4 is 10.6 Å². The third-order valence-electron chi connectivity index (χ3n) is 8.25. The van der Waals surface area contributed by atoms with E-state index >= 15 is 0 Å². The number of aromatic nitrogens is 5. The molecule has 0 bridgehead atoms. The number of nitrogen functional groups attached to an aromatic ring is 1. The Balaban J connectivity index is 1.02. The van der Waals surface area contributed by atoms with Crippen molar-refractivity contribution in [1.82, 2.24) is 34.4 Å².